The number of fused-ring (bicyclic) bond motifs is 1. The fourth-order valence-electron chi connectivity index (χ4n) is 4.05. The first kappa shape index (κ1) is 14.9. The van der Waals surface area contributed by atoms with Crippen LogP contribution in [0.4, 0.5) is 5.69 Å². The van der Waals surface area contributed by atoms with Gasteiger partial charge in [0.2, 0.25) is 0 Å². The monoisotopic (exact) mass is 287 g/mol. The summed E-state index contributed by atoms with van der Waals surface area (Å²) >= 11 is 0. The summed E-state index contributed by atoms with van der Waals surface area (Å²) in [6, 6.07) is 8.98. The molecule has 0 bridgehead atoms. The van der Waals surface area contributed by atoms with Crippen LogP contribution in [-0.2, 0) is 6.42 Å². The highest BCUT2D eigenvalue weighted by Gasteiger charge is 2.39. The molecule has 2 aliphatic heterocycles. The van der Waals surface area contributed by atoms with E-state index in [0.29, 0.717) is 0 Å². The highest BCUT2D eigenvalue weighted by molar-refractivity contribution is 5.57. The summed E-state index contributed by atoms with van der Waals surface area (Å²) in [5.74, 6) is 0. The molecule has 0 radical (unpaired) electrons. The third-order valence-electron chi connectivity index (χ3n) is 5.55. The molecule has 3 rings (SSSR count). The van der Waals surface area contributed by atoms with E-state index in [1.807, 2.05) is 0 Å². The van der Waals surface area contributed by atoms with Crippen LogP contribution in [0.25, 0.3) is 0 Å². The van der Waals surface area contributed by atoms with Crippen molar-refractivity contribution < 1.29 is 0 Å². The normalized spacial score (nSPS) is 22.7. The van der Waals surface area contributed by atoms with E-state index in [9.17, 15) is 0 Å². The minimum absolute atomic E-state index is 0.173. The van der Waals surface area contributed by atoms with Gasteiger partial charge in [0.25, 0.3) is 0 Å². The van der Waals surface area contributed by atoms with Crippen molar-refractivity contribution in [2.45, 2.75) is 44.6 Å². The number of benzene rings is 1. The third-order valence-corrected chi connectivity index (χ3v) is 5.55. The molecule has 0 atom stereocenters. The van der Waals surface area contributed by atoms with E-state index in [1.54, 1.807) is 0 Å². The van der Waals surface area contributed by atoms with Gasteiger partial charge in [-0.3, -0.25) is 0 Å². The van der Waals surface area contributed by atoms with E-state index < -0.39 is 0 Å². The molecule has 0 unspecified atom stereocenters. The second-order valence-corrected chi connectivity index (χ2v) is 6.60. The zero-order valence-corrected chi connectivity index (χ0v) is 13.4. The van der Waals surface area contributed by atoms with Crippen LogP contribution in [0.2, 0.25) is 0 Å². The molecule has 1 aromatic rings. The molecule has 1 aromatic carbocycles. The largest absolute Gasteiger partial charge is 0.364 e. The number of nitrogens with two attached hydrogens (primary N) is 1. The maximum absolute atomic E-state index is 6.30. The minimum Gasteiger partial charge on any atom is -0.364 e. The first-order valence-electron chi connectivity index (χ1n) is 8.57. The van der Waals surface area contributed by atoms with E-state index in [0.717, 1.165) is 13.1 Å². The van der Waals surface area contributed by atoms with Gasteiger partial charge in [0.05, 0.1) is 5.54 Å². The lowest BCUT2D eigenvalue weighted by atomic mass is 9.84. The Kier molecular flexibility index (Phi) is 4.51. The van der Waals surface area contributed by atoms with Crippen molar-refractivity contribution in [2.24, 2.45) is 5.73 Å². The van der Waals surface area contributed by atoms with Gasteiger partial charge in [-0.1, -0.05) is 25.1 Å². The number of para-hydroxylation sites is 1. The summed E-state index contributed by atoms with van der Waals surface area (Å²) in [6.45, 7) is 7.74. The fourth-order valence-corrected chi connectivity index (χ4v) is 4.05. The summed E-state index contributed by atoms with van der Waals surface area (Å²) in [5, 5.41) is 0. The Morgan fingerprint density at radius 2 is 1.86 bits per heavy atom. The number of hydrogen-bond acceptors (Lipinski definition) is 3. The van der Waals surface area contributed by atoms with Crippen LogP contribution < -0.4 is 10.6 Å². The standard InChI is InChI=1S/C18H29N3/c1-2-20-13-10-18(15-19,11-14-20)21-12-6-5-8-16-7-3-4-9-17(16)21/h3-4,7,9H,2,5-6,8,10-15,19H2,1H3. The number of anilines is 1. The van der Waals surface area contributed by atoms with Crippen LogP contribution in [0.15, 0.2) is 24.3 Å². The molecular weight excluding hydrogens is 258 g/mol. The molecular formula is C18H29N3. The van der Waals surface area contributed by atoms with Crippen molar-refractivity contribution in [3.8, 4) is 0 Å². The fraction of sp³-hybridized carbons (Fsp3) is 0.667. The van der Waals surface area contributed by atoms with Gasteiger partial charge in [-0.2, -0.15) is 0 Å². The number of likely N-dealkylation sites (tertiary alicyclic amines) is 1. The molecule has 0 saturated carbocycles. The number of rotatable bonds is 3. The van der Waals surface area contributed by atoms with Gasteiger partial charge in [0.15, 0.2) is 0 Å². The average molecular weight is 287 g/mol. The van der Waals surface area contributed by atoms with Gasteiger partial charge in [0.1, 0.15) is 0 Å². The Morgan fingerprint density at radius 3 is 2.57 bits per heavy atom. The summed E-state index contributed by atoms with van der Waals surface area (Å²) in [5.41, 5.74) is 9.44. The molecule has 0 aliphatic carbocycles. The highest BCUT2D eigenvalue weighted by atomic mass is 15.2. The lowest BCUT2D eigenvalue weighted by Gasteiger charge is -2.49. The average Bonchev–Trinajstić information content (AvgIpc) is 2.78. The van der Waals surface area contributed by atoms with Crippen LogP contribution in [-0.4, -0.2) is 43.2 Å². The Hall–Kier alpha value is -1.06. The van der Waals surface area contributed by atoms with Crippen molar-refractivity contribution in [1.82, 2.24) is 4.90 Å². The molecule has 0 aromatic heterocycles. The van der Waals surface area contributed by atoms with Crippen molar-refractivity contribution in [2.75, 3.05) is 37.6 Å². The third kappa shape index (κ3) is 2.82. The van der Waals surface area contributed by atoms with E-state index in [1.165, 1.54) is 63.0 Å². The second-order valence-electron chi connectivity index (χ2n) is 6.60. The lowest BCUT2D eigenvalue weighted by Crippen LogP contribution is -2.60. The van der Waals surface area contributed by atoms with E-state index >= 15 is 0 Å². The van der Waals surface area contributed by atoms with Gasteiger partial charge in [-0.15, -0.1) is 0 Å². The minimum atomic E-state index is 0.173. The van der Waals surface area contributed by atoms with Crippen LogP contribution in [0, 0.1) is 0 Å². The second kappa shape index (κ2) is 6.37. The maximum Gasteiger partial charge on any atom is 0.0548 e. The van der Waals surface area contributed by atoms with E-state index in [2.05, 4.69) is 41.0 Å². The number of hydrogen-bond donors (Lipinski definition) is 1. The van der Waals surface area contributed by atoms with Gasteiger partial charge in [-0.25, -0.2) is 0 Å². The lowest BCUT2D eigenvalue weighted by molar-refractivity contribution is 0.164. The topological polar surface area (TPSA) is 32.5 Å². The summed E-state index contributed by atoms with van der Waals surface area (Å²) in [6.07, 6.45) is 6.20. The molecule has 2 heterocycles. The van der Waals surface area contributed by atoms with Gasteiger partial charge >= 0.3 is 0 Å². The SMILES string of the molecule is CCN1CCC(CN)(N2CCCCc3ccccc32)CC1. The molecule has 1 fully saturated rings. The predicted octanol–water partition coefficient (Wildman–Crippen LogP) is 2.64. The van der Waals surface area contributed by atoms with Gasteiger partial charge in [-0.05, 0) is 50.3 Å². The van der Waals surface area contributed by atoms with Crippen molar-refractivity contribution in [3.05, 3.63) is 29.8 Å². The highest BCUT2D eigenvalue weighted by Crippen LogP contribution is 2.36. The Labute approximate surface area is 129 Å². The Bertz CT molecular complexity index is 463. The first-order valence-corrected chi connectivity index (χ1v) is 8.57. The molecule has 21 heavy (non-hydrogen) atoms. The van der Waals surface area contributed by atoms with Crippen LogP contribution >= 0.6 is 0 Å². The maximum atomic E-state index is 6.30. The predicted molar refractivity (Wildman–Crippen MR) is 89.9 cm³/mol. The summed E-state index contributed by atoms with van der Waals surface area (Å²) < 4.78 is 0. The van der Waals surface area contributed by atoms with Gasteiger partial charge < -0.3 is 15.5 Å². The van der Waals surface area contributed by atoms with Crippen molar-refractivity contribution in [1.29, 1.82) is 0 Å². The molecule has 116 valence electrons. The Morgan fingerprint density at radius 1 is 1.10 bits per heavy atom. The zero-order valence-electron chi connectivity index (χ0n) is 13.4. The zero-order chi connectivity index (χ0) is 14.7. The summed E-state index contributed by atoms with van der Waals surface area (Å²) in [7, 11) is 0. The van der Waals surface area contributed by atoms with E-state index in [4.69, 9.17) is 5.73 Å². The van der Waals surface area contributed by atoms with Crippen LogP contribution in [0.1, 0.15) is 38.2 Å². The molecule has 3 nitrogen and oxygen atoms in total. The van der Waals surface area contributed by atoms with Gasteiger partial charge in [0, 0.05) is 31.9 Å². The molecule has 2 aliphatic rings. The number of nitrogens with zero attached hydrogens (tertiary/aromatic N) is 2. The summed E-state index contributed by atoms with van der Waals surface area (Å²) in [4.78, 5) is 5.22. The molecule has 0 spiro atoms. The Balaban J connectivity index is 1.90. The molecule has 3 heteroatoms. The molecule has 1 saturated heterocycles. The van der Waals surface area contributed by atoms with Crippen LogP contribution in [0.5, 0.6) is 0 Å². The smallest absolute Gasteiger partial charge is 0.0548 e. The number of aryl methyl sites for hydroxylation is 1. The first-order chi connectivity index (χ1) is 10.3. The van der Waals surface area contributed by atoms with Crippen LogP contribution in [0.3, 0.4) is 0 Å². The number of piperidine rings is 1. The van der Waals surface area contributed by atoms with E-state index in [-0.39, 0.29) is 5.54 Å². The van der Waals surface area contributed by atoms with Crippen molar-refractivity contribution in [3.63, 3.8) is 0 Å². The molecule has 2 N–H and O–H groups in total. The molecule has 0 amide bonds. The quantitative estimate of drug-likeness (QED) is 0.927. The van der Waals surface area contributed by atoms with Crippen molar-refractivity contribution >= 4 is 5.69 Å².